The van der Waals surface area contributed by atoms with Gasteiger partial charge >= 0.3 is 6.03 Å². The molecule has 0 radical (unpaired) electrons. The number of anilines is 2. The third-order valence-electron chi connectivity index (χ3n) is 3.63. The van der Waals surface area contributed by atoms with Crippen molar-refractivity contribution in [2.75, 3.05) is 43.4 Å². The zero-order chi connectivity index (χ0) is 15.9. The maximum absolute atomic E-state index is 12.3. The molecule has 0 aromatic heterocycles. The number of amides is 3. The summed E-state index contributed by atoms with van der Waals surface area (Å²) in [6.07, 6.45) is 1.14. The molecule has 120 valence electrons. The van der Waals surface area contributed by atoms with Crippen molar-refractivity contribution in [1.82, 2.24) is 9.80 Å². The van der Waals surface area contributed by atoms with Crippen LogP contribution in [0.3, 0.4) is 0 Å². The van der Waals surface area contributed by atoms with Gasteiger partial charge in [0.15, 0.2) is 0 Å². The molecule has 0 saturated carbocycles. The molecule has 22 heavy (non-hydrogen) atoms. The monoisotopic (exact) mass is 304 g/mol. The number of nitrogens with zero attached hydrogens (tertiary/aromatic N) is 2. The Balaban J connectivity index is 1.88. The van der Waals surface area contributed by atoms with E-state index < -0.39 is 0 Å². The van der Waals surface area contributed by atoms with Gasteiger partial charge in [-0.3, -0.25) is 9.69 Å². The van der Waals surface area contributed by atoms with Crippen molar-refractivity contribution in [3.8, 4) is 0 Å². The van der Waals surface area contributed by atoms with Gasteiger partial charge in [-0.05, 0) is 31.2 Å². The van der Waals surface area contributed by atoms with Crippen molar-refractivity contribution < 1.29 is 9.59 Å². The lowest BCUT2D eigenvalue weighted by Gasteiger charge is -2.34. The molecule has 1 fully saturated rings. The molecule has 6 heteroatoms. The second kappa shape index (κ2) is 7.79. The maximum Gasteiger partial charge on any atom is 0.321 e. The topological polar surface area (TPSA) is 64.7 Å². The molecule has 1 aromatic rings. The first-order valence-corrected chi connectivity index (χ1v) is 7.74. The van der Waals surface area contributed by atoms with E-state index in [1.165, 1.54) is 6.92 Å². The first kappa shape index (κ1) is 16.3. The van der Waals surface area contributed by atoms with Crippen molar-refractivity contribution in [1.29, 1.82) is 0 Å². The number of urea groups is 1. The van der Waals surface area contributed by atoms with Crippen LogP contribution in [0.5, 0.6) is 0 Å². The average Bonchev–Trinajstić information content (AvgIpc) is 2.48. The second-order valence-corrected chi connectivity index (χ2v) is 5.52. The molecule has 0 unspecified atom stereocenters. The van der Waals surface area contributed by atoms with Crippen LogP contribution in [-0.4, -0.2) is 54.5 Å². The van der Waals surface area contributed by atoms with Crippen LogP contribution in [0.4, 0.5) is 16.2 Å². The van der Waals surface area contributed by atoms with Gasteiger partial charge in [0, 0.05) is 44.5 Å². The highest BCUT2D eigenvalue weighted by Gasteiger charge is 2.20. The highest BCUT2D eigenvalue weighted by Crippen LogP contribution is 2.16. The molecule has 1 aliphatic heterocycles. The molecule has 2 N–H and O–H groups in total. The Bertz CT molecular complexity index is 525. The van der Waals surface area contributed by atoms with Crippen LogP contribution < -0.4 is 10.6 Å². The van der Waals surface area contributed by atoms with Crippen molar-refractivity contribution >= 4 is 23.3 Å². The fourth-order valence-electron chi connectivity index (χ4n) is 2.57. The Labute approximate surface area is 131 Å². The number of nitrogens with one attached hydrogen (secondary N) is 2. The zero-order valence-electron chi connectivity index (χ0n) is 13.3. The molecule has 0 bridgehead atoms. The SMILES string of the molecule is CCCN1CCN(C(=O)Nc2cccc(NC(C)=O)c2)CC1. The van der Waals surface area contributed by atoms with Gasteiger partial charge in [0.05, 0.1) is 0 Å². The summed E-state index contributed by atoms with van der Waals surface area (Å²) in [5.74, 6) is -0.129. The van der Waals surface area contributed by atoms with Gasteiger partial charge < -0.3 is 15.5 Å². The summed E-state index contributed by atoms with van der Waals surface area (Å²) in [6.45, 7) is 8.06. The van der Waals surface area contributed by atoms with E-state index in [1.54, 1.807) is 18.2 Å². The third kappa shape index (κ3) is 4.73. The minimum atomic E-state index is -0.129. The average molecular weight is 304 g/mol. The molecule has 6 nitrogen and oxygen atoms in total. The first-order chi connectivity index (χ1) is 10.6. The number of rotatable bonds is 4. The van der Waals surface area contributed by atoms with Crippen molar-refractivity contribution in [3.63, 3.8) is 0 Å². The van der Waals surface area contributed by atoms with Crippen molar-refractivity contribution in [2.24, 2.45) is 0 Å². The summed E-state index contributed by atoms with van der Waals surface area (Å²) in [6, 6.07) is 7.08. The van der Waals surface area contributed by atoms with Crippen molar-refractivity contribution in [2.45, 2.75) is 20.3 Å². The fourth-order valence-corrected chi connectivity index (χ4v) is 2.57. The van der Waals surface area contributed by atoms with E-state index in [2.05, 4.69) is 22.5 Å². The minimum absolute atomic E-state index is 0.0869. The number of carbonyl (C=O) groups excluding carboxylic acids is 2. The molecule has 1 heterocycles. The molecular formula is C16H24N4O2. The number of hydrogen-bond acceptors (Lipinski definition) is 3. The smallest absolute Gasteiger partial charge is 0.321 e. The molecule has 1 aliphatic rings. The quantitative estimate of drug-likeness (QED) is 0.896. The molecule has 0 spiro atoms. The summed E-state index contributed by atoms with van der Waals surface area (Å²) in [5, 5.41) is 5.60. The third-order valence-corrected chi connectivity index (χ3v) is 3.63. The van der Waals surface area contributed by atoms with E-state index in [0.29, 0.717) is 11.4 Å². The van der Waals surface area contributed by atoms with Gasteiger partial charge in [-0.15, -0.1) is 0 Å². The van der Waals surface area contributed by atoms with Crippen LogP contribution >= 0.6 is 0 Å². The Morgan fingerprint density at radius 2 is 1.73 bits per heavy atom. The van der Waals surface area contributed by atoms with E-state index in [4.69, 9.17) is 0 Å². The van der Waals surface area contributed by atoms with E-state index in [1.807, 2.05) is 11.0 Å². The van der Waals surface area contributed by atoms with Gasteiger partial charge in [0.1, 0.15) is 0 Å². The molecule has 3 amide bonds. The molecular weight excluding hydrogens is 280 g/mol. The molecule has 2 rings (SSSR count). The second-order valence-electron chi connectivity index (χ2n) is 5.52. The summed E-state index contributed by atoms with van der Waals surface area (Å²) in [5.41, 5.74) is 1.37. The predicted octanol–water partition coefficient (Wildman–Crippen LogP) is 2.20. The lowest BCUT2D eigenvalue weighted by molar-refractivity contribution is -0.114. The Hall–Kier alpha value is -2.08. The summed E-state index contributed by atoms with van der Waals surface area (Å²) >= 11 is 0. The standard InChI is InChI=1S/C16H24N4O2/c1-3-7-19-8-10-20(11-9-19)16(22)18-15-6-4-5-14(12-15)17-13(2)21/h4-6,12H,3,7-11H2,1-2H3,(H,17,21)(H,18,22). The van der Waals surface area contributed by atoms with E-state index in [0.717, 1.165) is 39.1 Å². The summed E-state index contributed by atoms with van der Waals surface area (Å²) in [7, 11) is 0. The van der Waals surface area contributed by atoms with Gasteiger partial charge in [0.25, 0.3) is 0 Å². The fraction of sp³-hybridized carbons (Fsp3) is 0.500. The van der Waals surface area contributed by atoms with E-state index in [9.17, 15) is 9.59 Å². The first-order valence-electron chi connectivity index (χ1n) is 7.74. The molecule has 1 saturated heterocycles. The van der Waals surface area contributed by atoms with Crippen molar-refractivity contribution in [3.05, 3.63) is 24.3 Å². The van der Waals surface area contributed by atoms with Crippen LogP contribution in [0.2, 0.25) is 0 Å². The normalized spacial score (nSPS) is 15.5. The van der Waals surface area contributed by atoms with Crippen LogP contribution in [0.1, 0.15) is 20.3 Å². The summed E-state index contributed by atoms with van der Waals surface area (Å²) in [4.78, 5) is 27.5. The van der Waals surface area contributed by atoms with Gasteiger partial charge in [-0.25, -0.2) is 4.79 Å². The molecule has 0 aliphatic carbocycles. The van der Waals surface area contributed by atoms with Crippen LogP contribution in [-0.2, 0) is 4.79 Å². The lowest BCUT2D eigenvalue weighted by atomic mass is 10.2. The van der Waals surface area contributed by atoms with E-state index >= 15 is 0 Å². The van der Waals surface area contributed by atoms with Gasteiger partial charge in [-0.1, -0.05) is 13.0 Å². The number of benzene rings is 1. The zero-order valence-corrected chi connectivity index (χ0v) is 13.3. The maximum atomic E-state index is 12.3. The largest absolute Gasteiger partial charge is 0.326 e. The number of carbonyl (C=O) groups is 2. The minimum Gasteiger partial charge on any atom is -0.326 e. The van der Waals surface area contributed by atoms with Crippen LogP contribution in [0.25, 0.3) is 0 Å². The van der Waals surface area contributed by atoms with Gasteiger partial charge in [-0.2, -0.15) is 0 Å². The van der Waals surface area contributed by atoms with Crippen LogP contribution in [0, 0.1) is 0 Å². The lowest BCUT2D eigenvalue weighted by Crippen LogP contribution is -2.50. The molecule has 0 atom stereocenters. The highest BCUT2D eigenvalue weighted by atomic mass is 16.2. The van der Waals surface area contributed by atoms with Gasteiger partial charge in [0.2, 0.25) is 5.91 Å². The number of piperazine rings is 1. The van der Waals surface area contributed by atoms with E-state index in [-0.39, 0.29) is 11.9 Å². The highest BCUT2D eigenvalue weighted by molar-refractivity contribution is 5.92. The van der Waals surface area contributed by atoms with Crippen LogP contribution in [0.15, 0.2) is 24.3 Å². The Morgan fingerprint density at radius 3 is 2.32 bits per heavy atom. The Morgan fingerprint density at radius 1 is 1.09 bits per heavy atom. The molecule has 1 aromatic carbocycles. The summed E-state index contributed by atoms with van der Waals surface area (Å²) < 4.78 is 0. The predicted molar refractivity (Wildman–Crippen MR) is 88.1 cm³/mol. The number of hydrogen-bond donors (Lipinski definition) is 2. The Kier molecular flexibility index (Phi) is 5.77.